The number of hydrogen-bond acceptors (Lipinski definition) is 0. The molecule has 1 aliphatic rings. The first-order chi connectivity index (χ1) is 8.59. The molecular formula is C15H22ClFN+. The monoisotopic (exact) mass is 270 g/mol. The second kappa shape index (κ2) is 6.03. The molecule has 0 aliphatic heterocycles. The van der Waals surface area contributed by atoms with Gasteiger partial charge in [-0.1, -0.05) is 31.5 Å². The predicted octanol–water partition coefficient (Wildman–Crippen LogP) is 3.37. The SMILES string of the molecule is C[C@@H]1[C@H](C)CCC[C@@H]1[NH2+]Cc1c(F)cccc1Cl. The Labute approximate surface area is 114 Å². The summed E-state index contributed by atoms with van der Waals surface area (Å²) in [5.74, 6) is 1.29. The van der Waals surface area contributed by atoms with Crippen LogP contribution < -0.4 is 5.32 Å². The normalized spacial score (nSPS) is 28.3. The topological polar surface area (TPSA) is 16.6 Å². The minimum absolute atomic E-state index is 0.185. The van der Waals surface area contributed by atoms with Gasteiger partial charge in [0.2, 0.25) is 0 Å². The van der Waals surface area contributed by atoms with Gasteiger partial charge in [-0.25, -0.2) is 4.39 Å². The van der Waals surface area contributed by atoms with Gasteiger partial charge in [0.25, 0.3) is 0 Å². The molecule has 0 aromatic heterocycles. The molecule has 3 atom stereocenters. The smallest absolute Gasteiger partial charge is 0.133 e. The quantitative estimate of drug-likeness (QED) is 0.867. The summed E-state index contributed by atoms with van der Waals surface area (Å²) in [7, 11) is 0. The second-order valence-electron chi connectivity index (χ2n) is 5.57. The number of halogens is 2. The lowest BCUT2D eigenvalue weighted by Crippen LogP contribution is -2.90. The summed E-state index contributed by atoms with van der Waals surface area (Å²) in [5.41, 5.74) is 0.643. The lowest BCUT2D eigenvalue weighted by molar-refractivity contribution is -0.713. The fourth-order valence-electron chi connectivity index (χ4n) is 2.95. The number of benzene rings is 1. The molecule has 0 bridgehead atoms. The molecule has 0 heterocycles. The molecule has 1 fully saturated rings. The van der Waals surface area contributed by atoms with E-state index in [1.54, 1.807) is 12.1 Å². The molecule has 3 heteroatoms. The van der Waals surface area contributed by atoms with Crippen LogP contribution in [0, 0.1) is 17.7 Å². The fourth-order valence-corrected chi connectivity index (χ4v) is 3.19. The zero-order valence-corrected chi connectivity index (χ0v) is 11.9. The molecule has 0 radical (unpaired) electrons. The van der Waals surface area contributed by atoms with Gasteiger partial charge in [-0.05, 0) is 37.3 Å². The van der Waals surface area contributed by atoms with E-state index in [0.717, 1.165) is 5.92 Å². The van der Waals surface area contributed by atoms with Gasteiger partial charge in [0.15, 0.2) is 0 Å². The highest BCUT2D eigenvalue weighted by Gasteiger charge is 2.29. The van der Waals surface area contributed by atoms with E-state index >= 15 is 0 Å². The average Bonchev–Trinajstić information content (AvgIpc) is 2.33. The lowest BCUT2D eigenvalue weighted by atomic mass is 9.78. The molecule has 100 valence electrons. The zero-order chi connectivity index (χ0) is 13.1. The first kappa shape index (κ1) is 13.8. The first-order valence-electron chi connectivity index (χ1n) is 6.85. The maximum atomic E-state index is 13.7. The number of quaternary nitrogens is 1. The molecule has 2 rings (SSSR count). The van der Waals surface area contributed by atoms with Crippen molar-refractivity contribution in [3.8, 4) is 0 Å². The second-order valence-corrected chi connectivity index (χ2v) is 5.98. The van der Waals surface area contributed by atoms with Crippen molar-refractivity contribution in [3.63, 3.8) is 0 Å². The van der Waals surface area contributed by atoms with Crippen LogP contribution in [0.5, 0.6) is 0 Å². The van der Waals surface area contributed by atoms with Gasteiger partial charge in [0, 0.05) is 5.92 Å². The summed E-state index contributed by atoms with van der Waals surface area (Å²) in [6.45, 7) is 5.28. The van der Waals surface area contributed by atoms with E-state index in [0.29, 0.717) is 29.1 Å². The number of hydrogen-bond donors (Lipinski definition) is 1. The summed E-state index contributed by atoms with van der Waals surface area (Å²) in [6, 6.07) is 5.51. The van der Waals surface area contributed by atoms with Gasteiger partial charge < -0.3 is 5.32 Å². The van der Waals surface area contributed by atoms with Crippen molar-refractivity contribution in [3.05, 3.63) is 34.6 Å². The maximum absolute atomic E-state index is 13.7. The van der Waals surface area contributed by atoms with Crippen molar-refractivity contribution in [2.45, 2.75) is 45.7 Å². The Kier molecular flexibility index (Phi) is 4.63. The van der Waals surface area contributed by atoms with Gasteiger partial charge in [0.1, 0.15) is 12.4 Å². The van der Waals surface area contributed by atoms with Gasteiger partial charge in [-0.2, -0.15) is 0 Å². The highest BCUT2D eigenvalue weighted by molar-refractivity contribution is 6.31. The number of nitrogens with two attached hydrogens (primary N) is 1. The standard InChI is InChI=1S/C15H21ClFN/c1-10-5-3-8-15(11(10)2)18-9-12-13(16)6-4-7-14(12)17/h4,6-7,10-11,15,18H,3,5,8-9H2,1-2H3/p+1/t10-,11-,15+/m1/s1. The molecule has 0 spiro atoms. The van der Waals surface area contributed by atoms with E-state index in [1.165, 1.54) is 25.3 Å². The first-order valence-corrected chi connectivity index (χ1v) is 7.23. The molecule has 1 aromatic carbocycles. The highest BCUT2D eigenvalue weighted by atomic mass is 35.5. The van der Waals surface area contributed by atoms with Crippen molar-refractivity contribution >= 4 is 11.6 Å². The van der Waals surface area contributed by atoms with Crippen molar-refractivity contribution in [1.29, 1.82) is 0 Å². The Hall–Kier alpha value is -0.600. The van der Waals surface area contributed by atoms with E-state index in [-0.39, 0.29) is 5.82 Å². The molecule has 0 unspecified atom stereocenters. The van der Waals surface area contributed by atoms with Crippen LogP contribution in [0.3, 0.4) is 0 Å². The molecule has 1 saturated carbocycles. The maximum Gasteiger partial charge on any atom is 0.133 e. The van der Waals surface area contributed by atoms with Crippen molar-refractivity contribution in [2.75, 3.05) is 0 Å². The van der Waals surface area contributed by atoms with Crippen molar-refractivity contribution in [1.82, 2.24) is 0 Å². The summed E-state index contributed by atoms with van der Waals surface area (Å²) < 4.78 is 13.7. The van der Waals surface area contributed by atoms with Gasteiger partial charge >= 0.3 is 0 Å². The third-order valence-electron chi connectivity index (χ3n) is 4.46. The van der Waals surface area contributed by atoms with Crippen LogP contribution in [0.1, 0.15) is 38.7 Å². The van der Waals surface area contributed by atoms with Gasteiger partial charge in [-0.15, -0.1) is 0 Å². The summed E-state index contributed by atoms with van der Waals surface area (Å²) >= 11 is 6.05. The van der Waals surface area contributed by atoms with Crippen LogP contribution in [0.2, 0.25) is 5.02 Å². The zero-order valence-electron chi connectivity index (χ0n) is 11.1. The fraction of sp³-hybridized carbons (Fsp3) is 0.600. The van der Waals surface area contributed by atoms with Crippen molar-refractivity contribution in [2.24, 2.45) is 11.8 Å². The Morgan fingerprint density at radius 3 is 2.83 bits per heavy atom. The lowest BCUT2D eigenvalue weighted by Gasteiger charge is -2.32. The summed E-state index contributed by atoms with van der Waals surface area (Å²) in [4.78, 5) is 0. The highest BCUT2D eigenvalue weighted by Crippen LogP contribution is 2.27. The summed E-state index contributed by atoms with van der Waals surface area (Å²) in [6.07, 6.45) is 3.85. The van der Waals surface area contributed by atoms with Gasteiger partial charge in [0.05, 0.1) is 16.6 Å². The van der Waals surface area contributed by atoms with Crippen LogP contribution >= 0.6 is 11.6 Å². The van der Waals surface area contributed by atoms with E-state index < -0.39 is 0 Å². The Morgan fingerprint density at radius 1 is 1.33 bits per heavy atom. The molecule has 0 saturated heterocycles. The van der Waals surface area contributed by atoms with Crippen LogP contribution in [0.4, 0.5) is 4.39 Å². The van der Waals surface area contributed by atoms with Crippen LogP contribution in [0.15, 0.2) is 18.2 Å². The van der Waals surface area contributed by atoms with E-state index in [1.807, 2.05) is 0 Å². The molecule has 0 amide bonds. The number of rotatable bonds is 3. The van der Waals surface area contributed by atoms with Crippen LogP contribution in [0.25, 0.3) is 0 Å². The van der Waals surface area contributed by atoms with Crippen LogP contribution in [-0.4, -0.2) is 6.04 Å². The molecule has 1 aromatic rings. The molecule has 2 N–H and O–H groups in total. The molecule has 1 aliphatic carbocycles. The van der Waals surface area contributed by atoms with E-state index in [2.05, 4.69) is 19.2 Å². The van der Waals surface area contributed by atoms with E-state index in [9.17, 15) is 4.39 Å². The molecule has 1 nitrogen and oxygen atoms in total. The minimum atomic E-state index is -0.185. The Balaban J connectivity index is 1.99. The molecular weight excluding hydrogens is 249 g/mol. The minimum Gasteiger partial charge on any atom is -0.340 e. The Bertz CT molecular complexity index is 387. The summed E-state index contributed by atoms with van der Waals surface area (Å²) in [5, 5.41) is 2.81. The predicted molar refractivity (Wildman–Crippen MR) is 73.0 cm³/mol. The molecule has 18 heavy (non-hydrogen) atoms. The Morgan fingerprint density at radius 2 is 2.11 bits per heavy atom. The van der Waals surface area contributed by atoms with Crippen LogP contribution in [-0.2, 0) is 6.54 Å². The van der Waals surface area contributed by atoms with E-state index in [4.69, 9.17) is 11.6 Å². The third-order valence-corrected chi connectivity index (χ3v) is 4.81. The third kappa shape index (κ3) is 3.04. The van der Waals surface area contributed by atoms with Gasteiger partial charge in [-0.3, -0.25) is 0 Å². The average molecular weight is 271 g/mol. The largest absolute Gasteiger partial charge is 0.340 e. The van der Waals surface area contributed by atoms with Crippen molar-refractivity contribution < 1.29 is 9.71 Å².